The van der Waals surface area contributed by atoms with Gasteiger partial charge in [0.2, 0.25) is 0 Å². The third-order valence-electron chi connectivity index (χ3n) is 1.98. The van der Waals surface area contributed by atoms with Gasteiger partial charge in [-0.25, -0.2) is 0 Å². The molecule has 0 amide bonds. The fraction of sp³-hybridized carbons (Fsp3) is 0.778. The first-order valence-electron chi connectivity index (χ1n) is 4.18. The van der Waals surface area contributed by atoms with E-state index in [1.165, 1.54) is 6.42 Å². The maximum absolute atomic E-state index is 3.71. The Morgan fingerprint density at radius 2 is 2.27 bits per heavy atom. The predicted molar refractivity (Wildman–Crippen MR) is 50.8 cm³/mol. The summed E-state index contributed by atoms with van der Waals surface area (Å²) in [4.78, 5) is 2.30. The molecule has 1 atom stereocenters. The third-order valence-corrected chi connectivity index (χ3v) is 1.98. The maximum atomic E-state index is 3.71. The van der Waals surface area contributed by atoms with Gasteiger partial charge in [0.25, 0.3) is 0 Å². The van der Waals surface area contributed by atoms with Gasteiger partial charge in [-0.15, -0.1) is 6.58 Å². The summed E-state index contributed by atoms with van der Waals surface area (Å²) in [5, 5.41) is 3.14. The molecule has 1 unspecified atom stereocenters. The molecular weight excluding hydrogens is 136 g/mol. The molecule has 66 valence electrons. The molecule has 0 spiro atoms. The van der Waals surface area contributed by atoms with Crippen molar-refractivity contribution in [2.24, 2.45) is 0 Å². The van der Waals surface area contributed by atoms with E-state index in [1.54, 1.807) is 0 Å². The quantitative estimate of drug-likeness (QED) is 0.579. The highest BCUT2D eigenvalue weighted by molar-refractivity contribution is 4.74. The second kappa shape index (κ2) is 6.38. The van der Waals surface area contributed by atoms with Crippen molar-refractivity contribution >= 4 is 0 Å². The Balaban J connectivity index is 3.45. The molecular formula is C9H20N2. The molecule has 0 saturated heterocycles. The minimum absolute atomic E-state index is 0.639. The highest BCUT2D eigenvalue weighted by atomic mass is 15.1. The Bertz CT molecular complexity index is 102. The number of hydrogen-bond acceptors (Lipinski definition) is 2. The Hall–Kier alpha value is -0.340. The van der Waals surface area contributed by atoms with E-state index >= 15 is 0 Å². The van der Waals surface area contributed by atoms with E-state index in [0.29, 0.717) is 6.04 Å². The molecule has 0 bridgehead atoms. The fourth-order valence-corrected chi connectivity index (χ4v) is 0.957. The standard InChI is InChI=1S/C9H20N2/c1-5-8-11(4)9(2)6-7-10-3/h5,9-10H,1,6-8H2,2-4H3. The number of nitrogens with one attached hydrogen (secondary N) is 1. The van der Waals surface area contributed by atoms with Crippen LogP contribution in [0.2, 0.25) is 0 Å². The predicted octanol–water partition coefficient (Wildman–Crippen LogP) is 1.10. The molecule has 0 radical (unpaired) electrons. The highest BCUT2D eigenvalue weighted by Gasteiger charge is 2.05. The van der Waals surface area contributed by atoms with Crippen molar-refractivity contribution in [2.45, 2.75) is 19.4 Å². The second-order valence-corrected chi connectivity index (χ2v) is 2.97. The summed E-state index contributed by atoms with van der Waals surface area (Å²) in [6, 6.07) is 0.639. The molecule has 0 rings (SSSR count). The van der Waals surface area contributed by atoms with Gasteiger partial charge in [-0.3, -0.25) is 0 Å². The topological polar surface area (TPSA) is 15.3 Å². The normalized spacial score (nSPS) is 13.5. The summed E-state index contributed by atoms with van der Waals surface area (Å²) in [5.41, 5.74) is 0. The van der Waals surface area contributed by atoms with Gasteiger partial charge in [0, 0.05) is 12.6 Å². The van der Waals surface area contributed by atoms with E-state index in [4.69, 9.17) is 0 Å². The van der Waals surface area contributed by atoms with Crippen LogP contribution in [0.25, 0.3) is 0 Å². The lowest BCUT2D eigenvalue weighted by molar-refractivity contribution is 0.270. The Morgan fingerprint density at radius 1 is 1.64 bits per heavy atom. The largest absolute Gasteiger partial charge is 0.320 e. The van der Waals surface area contributed by atoms with Crippen LogP contribution >= 0.6 is 0 Å². The smallest absolute Gasteiger partial charge is 0.0160 e. The van der Waals surface area contributed by atoms with Crippen molar-refractivity contribution in [3.05, 3.63) is 12.7 Å². The summed E-state index contributed by atoms with van der Waals surface area (Å²) < 4.78 is 0. The van der Waals surface area contributed by atoms with Crippen LogP contribution in [0.1, 0.15) is 13.3 Å². The second-order valence-electron chi connectivity index (χ2n) is 2.97. The van der Waals surface area contributed by atoms with Crippen LogP contribution in [-0.4, -0.2) is 38.1 Å². The van der Waals surface area contributed by atoms with Gasteiger partial charge >= 0.3 is 0 Å². The van der Waals surface area contributed by atoms with E-state index in [2.05, 4.69) is 30.8 Å². The van der Waals surface area contributed by atoms with Crippen LogP contribution in [0, 0.1) is 0 Å². The van der Waals surface area contributed by atoms with Gasteiger partial charge in [-0.05, 0) is 34.0 Å². The van der Waals surface area contributed by atoms with Crippen LogP contribution in [0.4, 0.5) is 0 Å². The van der Waals surface area contributed by atoms with E-state index in [-0.39, 0.29) is 0 Å². The van der Waals surface area contributed by atoms with Crippen molar-refractivity contribution in [3.63, 3.8) is 0 Å². The van der Waals surface area contributed by atoms with Gasteiger partial charge in [0.05, 0.1) is 0 Å². The van der Waals surface area contributed by atoms with E-state index in [0.717, 1.165) is 13.1 Å². The van der Waals surface area contributed by atoms with Crippen LogP contribution in [0.5, 0.6) is 0 Å². The van der Waals surface area contributed by atoms with Crippen molar-refractivity contribution in [1.29, 1.82) is 0 Å². The lowest BCUT2D eigenvalue weighted by atomic mass is 10.2. The zero-order valence-corrected chi connectivity index (χ0v) is 7.93. The average Bonchev–Trinajstić information content (AvgIpc) is 2.00. The molecule has 0 fully saturated rings. The Morgan fingerprint density at radius 3 is 2.73 bits per heavy atom. The number of rotatable bonds is 6. The molecule has 0 aliphatic carbocycles. The lowest BCUT2D eigenvalue weighted by Crippen LogP contribution is -2.31. The fourth-order valence-electron chi connectivity index (χ4n) is 0.957. The van der Waals surface area contributed by atoms with Crippen molar-refractivity contribution in [1.82, 2.24) is 10.2 Å². The summed E-state index contributed by atoms with van der Waals surface area (Å²) in [6.07, 6.45) is 3.14. The molecule has 0 saturated carbocycles. The molecule has 0 aromatic heterocycles. The third kappa shape index (κ3) is 4.99. The minimum Gasteiger partial charge on any atom is -0.320 e. The van der Waals surface area contributed by atoms with Crippen molar-refractivity contribution < 1.29 is 0 Å². The molecule has 2 nitrogen and oxygen atoms in total. The van der Waals surface area contributed by atoms with Gasteiger partial charge in [0.15, 0.2) is 0 Å². The zero-order chi connectivity index (χ0) is 8.69. The monoisotopic (exact) mass is 156 g/mol. The van der Waals surface area contributed by atoms with Gasteiger partial charge in [-0.1, -0.05) is 6.08 Å². The first-order valence-corrected chi connectivity index (χ1v) is 4.18. The van der Waals surface area contributed by atoms with Crippen LogP contribution in [0.3, 0.4) is 0 Å². The Kier molecular flexibility index (Phi) is 6.18. The maximum Gasteiger partial charge on any atom is 0.0160 e. The van der Waals surface area contributed by atoms with Crippen molar-refractivity contribution in [2.75, 3.05) is 27.2 Å². The average molecular weight is 156 g/mol. The van der Waals surface area contributed by atoms with E-state index in [1.807, 2.05) is 13.1 Å². The summed E-state index contributed by atoms with van der Waals surface area (Å²) in [6.45, 7) is 8.01. The molecule has 2 heteroatoms. The molecule has 0 aliphatic heterocycles. The lowest BCUT2D eigenvalue weighted by Gasteiger charge is -2.22. The molecule has 0 aromatic rings. The first kappa shape index (κ1) is 10.7. The van der Waals surface area contributed by atoms with Gasteiger partial charge < -0.3 is 10.2 Å². The number of nitrogens with zero attached hydrogens (tertiary/aromatic N) is 1. The van der Waals surface area contributed by atoms with Gasteiger partial charge in [-0.2, -0.15) is 0 Å². The van der Waals surface area contributed by atoms with Crippen molar-refractivity contribution in [3.8, 4) is 0 Å². The van der Waals surface area contributed by atoms with E-state index in [9.17, 15) is 0 Å². The molecule has 1 N–H and O–H groups in total. The summed E-state index contributed by atoms with van der Waals surface area (Å²) in [5.74, 6) is 0. The summed E-state index contributed by atoms with van der Waals surface area (Å²) in [7, 11) is 4.11. The van der Waals surface area contributed by atoms with Crippen LogP contribution in [-0.2, 0) is 0 Å². The number of hydrogen-bond donors (Lipinski definition) is 1. The molecule has 0 aliphatic rings. The first-order chi connectivity index (χ1) is 5.22. The SMILES string of the molecule is C=CCN(C)C(C)CCNC. The molecule has 11 heavy (non-hydrogen) atoms. The highest BCUT2D eigenvalue weighted by Crippen LogP contribution is 1.98. The van der Waals surface area contributed by atoms with Crippen LogP contribution in [0.15, 0.2) is 12.7 Å². The summed E-state index contributed by atoms with van der Waals surface area (Å²) >= 11 is 0. The van der Waals surface area contributed by atoms with Crippen LogP contribution < -0.4 is 5.32 Å². The molecule has 0 heterocycles. The molecule has 0 aromatic carbocycles. The zero-order valence-electron chi connectivity index (χ0n) is 7.93. The van der Waals surface area contributed by atoms with Gasteiger partial charge in [0.1, 0.15) is 0 Å². The Labute approximate surface area is 70.3 Å². The minimum atomic E-state index is 0.639. The number of likely N-dealkylation sites (N-methyl/N-ethyl adjacent to an activating group) is 1. The van der Waals surface area contributed by atoms with E-state index < -0.39 is 0 Å².